The van der Waals surface area contributed by atoms with Crippen molar-refractivity contribution in [2.75, 3.05) is 5.32 Å². The molecule has 2 aromatic rings. The minimum absolute atomic E-state index is 0.225. The van der Waals surface area contributed by atoms with Crippen molar-refractivity contribution in [2.24, 2.45) is 0 Å². The van der Waals surface area contributed by atoms with Crippen molar-refractivity contribution < 1.29 is 4.79 Å². The maximum Gasteiger partial charge on any atom is 0.267 e. The van der Waals surface area contributed by atoms with Gasteiger partial charge in [0.1, 0.15) is 6.04 Å². The van der Waals surface area contributed by atoms with Crippen molar-refractivity contribution in [1.29, 1.82) is 0 Å². The van der Waals surface area contributed by atoms with Crippen LogP contribution in [0.2, 0.25) is 0 Å². The van der Waals surface area contributed by atoms with Gasteiger partial charge in [-0.25, -0.2) is 14.6 Å². The highest BCUT2D eigenvalue weighted by Gasteiger charge is 2.27. The van der Waals surface area contributed by atoms with Crippen LogP contribution in [0.4, 0.5) is 5.95 Å². The molecule has 1 N–H and O–H groups in total. The molecule has 1 atom stereocenters. The smallest absolute Gasteiger partial charge is 0.267 e. The predicted molar refractivity (Wildman–Crippen MR) is 80.6 cm³/mol. The van der Waals surface area contributed by atoms with E-state index in [0.717, 1.165) is 24.2 Å². The van der Waals surface area contributed by atoms with Gasteiger partial charge in [-0.15, -0.1) is 0 Å². The van der Waals surface area contributed by atoms with E-state index in [9.17, 15) is 9.59 Å². The molecule has 3 rings (SSSR count). The van der Waals surface area contributed by atoms with Gasteiger partial charge in [-0.1, -0.05) is 0 Å². The van der Waals surface area contributed by atoms with Crippen molar-refractivity contribution in [1.82, 2.24) is 19.7 Å². The third-order valence-corrected chi connectivity index (χ3v) is 3.62. The van der Waals surface area contributed by atoms with Crippen LogP contribution in [0, 0.1) is 6.92 Å². The molecular weight excluding hydrogens is 282 g/mol. The van der Waals surface area contributed by atoms with Crippen molar-refractivity contribution in [2.45, 2.75) is 38.6 Å². The maximum absolute atomic E-state index is 12.3. The Morgan fingerprint density at radius 2 is 2.14 bits per heavy atom. The first kappa shape index (κ1) is 14.4. The summed E-state index contributed by atoms with van der Waals surface area (Å²) < 4.78 is 1.22. The quantitative estimate of drug-likeness (QED) is 0.922. The molecule has 2 aromatic heterocycles. The molecule has 0 aromatic carbocycles. The number of aromatic nitrogens is 4. The first-order chi connectivity index (χ1) is 10.5. The van der Waals surface area contributed by atoms with Gasteiger partial charge in [-0.2, -0.15) is 5.10 Å². The Labute approximate surface area is 127 Å². The summed E-state index contributed by atoms with van der Waals surface area (Å²) in [5, 5.41) is 6.93. The van der Waals surface area contributed by atoms with Gasteiger partial charge in [0, 0.05) is 23.9 Å². The molecule has 7 nitrogen and oxygen atoms in total. The number of nitrogens with one attached hydrogen (secondary N) is 1. The summed E-state index contributed by atoms with van der Waals surface area (Å²) in [5.74, 6) is 0.276. The molecule has 1 amide bonds. The third-order valence-electron chi connectivity index (χ3n) is 3.62. The third kappa shape index (κ3) is 3.03. The van der Waals surface area contributed by atoms with Gasteiger partial charge in [0.25, 0.3) is 11.5 Å². The summed E-state index contributed by atoms with van der Waals surface area (Å²) in [5.41, 5.74) is 1.33. The lowest BCUT2D eigenvalue weighted by molar-refractivity contribution is -0.119. The Morgan fingerprint density at radius 3 is 2.82 bits per heavy atom. The topological polar surface area (TPSA) is 89.8 Å². The number of carbonyl (C=O) groups excluding carboxylic acids is 1. The highest BCUT2D eigenvalue weighted by Crippen LogP contribution is 2.38. The molecule has 0 radical (unpaired) electrons. The molecule has 1 saturated carbocycles. The van der Waals surface area contributed by atoms with Gasteiger partial charge in [0.05, 0.1) is 5.69 Å². The summed E-state index contributed by atoms with van der Waals surface area (Å²) in [6.45, 7) is 3.45. The second-order valence-electron chi connectivity index (χ2n) is 5.50. The summed E-state index contributed by atoms with van der Waals surface area (Å²) in [4.78, 5) is 32.3. The lowest BCUT2D eigenvalue weighted by Crippen LogP contribution is -2.33. The van der Waals surface area contributed by atoms with Gasteiger partial charge >= 0.3 is 0 Å². The fourth-order valence-corrected chi connectivity index (χ4v) is 2.15. The zero-order valence-electron chi connectivity index (χ0n) is 12.5. The van der Waals surface area contributed by atoms with Gasteiger partial charge < -0.3 is 0 Å². The van der Waals surface area contributed by atoms with Crippen LogP contribution in [-0.2, 0) is 4.79 Å². The molecule has 1 aliphatic carbocycles. The zero-order valence-corrected chi connectivity index (χ0v) is 12.5. The van der Waals surface area contributed by atoms with Crippen LogP contribution in [-0.4, -0.2) is 25.7 Å². The Hall–Kier alpha value is -2.57. The fraction of sp³-hybridized carbons (Fsp3) is 0.400. The van der Waals surface area contributed by atoms with Crippen LogP contribution in [0.3, 0.4) is 0 Å². The molecule has 0 bridgehead atoms. The summed E-state index contributed by atoms with van der Waals surface area (Å²) in [6, 6.07) is 4.22. The second-order valence-corrected chi connectivity index (χ2v) is 5.50. The van der Waals surface area contributed by atoms with E-state index < -0.39 is 6.04 Å². The van der Waals surface area contributed by atoms with E-state index in [-0.39, 0.29) is 17.4 Å². The number of nitrogens with zero attached hydrogens (tertiary/aromatic N) is 4. The van der Waals surface area contributed by atoms with E-state index in [4.69, 9.17) is 0 Å². The number of carbonyl (C=O) groups is 1. The number of hydrogen-bond acceptors (Lipinski definition) is 5. The van der Waals surface area contributed by atoms with E-state index in [1.54, 1.807) is 25.3 Å². The monoisotopic (exact) mass is 299 g/mol. The molecule has 0 saturated heterocycles. The Balaban J connectivity index is 1.80. The maximum atomic E-state index is 12.3. The summed E-state index contributed by atoms with van der Waals surface area (Å²) in [6.07, 6.45) is 3.74. The Bertz CT molecular complexity index is 767. The zero-order chi connectivity index (χ0) is 15.7. The lowest BCUT2D eigenvalue weighted by Gasteiger charge is -2.14. The van der Waals surface area contributed by atoms with Crippen molar-refractivity contribution in [3.8, 4) is 0 Å². The number of amides is 1. The number of anilines is 1. The van der Waals surface area contributed by atoms with E-state index in [1.807, 2.05) is 6.92 Å². The van der Waals surface area contributed by atoms with Gasteiger partial charge in [0.2, 0.25) is 5.95 Å². The van der Waals surface area contributed by atoms with Crippen LogP contribution in [0.15, 0.2) is 29.2 Å². The van der Waals surface area contributed by atoms with Crippen molar-refractivity contribution in [3.05, 3.63) is 46.1 Å². The number of hydrogen-bond donors (Lipinski definition) is 1. The van der Waals surface area contributed by atoms with E-state index in [0.29, 0.717) is 5.92 Å². The molecule has 2 heterocycles. The Morgan fingerprint density at radius 1 is 1.36 bits per heavy atom. The average Bonchev–Trinajstić information content (AvgIpc) is 3.32. The molecule has 114 valence electrons. The van der Waals surface area contributed by atoms with E-state index in [1.165, 1.54) is 10.7 Å². The van der Waals surface area contributed by atoms with Crippen LogP contribution in [0.25, 0.3) is 0 Å². The molecular formula is C15H17N5O2. The fourth-order valence-electron chi connectivity index (χ4n) is 2.15. The average molecular weight is 299 g/mol. The summed E-state index contributed by atoms with van der Waals surface area (Å²) >= 11 is 0. The van der Waals surface area contributed by atoms with Crippen LogP contribution in [0.1, 0.15) is 43.1 Å². The van der Waals surface area contributed by atoms with Gasteiger partial charge in [-0.3, -0.25) is 14.9 Å². The van der Waals surface area contributed by atoms with Crippen LogP contribution >= 0.6 is 0 Å². The second kappa shape index (κ2) is 5.67. The molecule has 1 aliphatic rings. The first-order valence-electron chi connectivity index (χ1n) is 7.25. The van der Waals surface area contributed by atoms with Crippen molar-refractivity contribution in [3.63, 3.8) is 0 Å². The van der Waals surface area contributed by atoms with Crippen LogP contribution in [0.5, 0.6) is 0 Å². The van der Waals surface area contributed by atoms with E-state index in [2.05, 4.69) is 20.4 Å². The largest absolute Gasteiger partial charge is 0.293 e. The van der Waals surface area contributed by atoms with Gasteiger partial charge in [0.15, 0.2) is 0 Å². The van der Waals surface area contributed by atoms with Crippen LogP contribution < -0.4 is 10.9 Å². The minimum atomic E-state index is -0.727. The number of rotatable bonds is 4. The predicted octanol–water partition coefficient (Wildman–Crippen LogP) is 1.42. The molecule has 1 unspecified atom stereocenters. The number of aryl methyl sites for hydroxylation is 1. The lowest BCUT2D eigenvalue weighted by atomic mass is 10.2. The van der Waals surface area contributed by atoms with Crippen molar-refractivity contribution >= 4 is 11.9 Å². The SMILES string of the molecule is Cc1ccnc(NC(=O)C(C)n2nc(C3CC3)ccc2=O)n1. The normalized spacial score (nSPS) is 15.4. The molecule has 7 heteroatoms. The highest BCUT2D eigenvalue weighted by atomic mass is 16.2. The van der Waals surface area contributed by atoms with E-state index >= 15 is 0 Å². The van der Waals surface area contributed by atoms with Gasteiger partial charge in [-0.05, 0) is 38.8 Å². The molecule has 0 aliphatic heterocycles. The minimum Gasteiger partial charge on any atom is -0.293 e. The molecule has 22 heavy (non-hydrogen) atoms. The highest BCUT2D eigenvalue weighted by molar-refractivity contribution is 5.91. The first-order valence-corrected chi connectivity index (χ1v) is 7.25. The molecule has 0 spiro atoms. The summed E-state index contributed by atoms with van der Waals surface area (Å²) in [7, 11) is 0. The standard InChI is InChI=1S/C15H17N5O2/c1-9-7-8-16-15(17-9)18-14(22)10(2)20-13(21)6-5-12(19-20)11-3-4-11/h5-8,10-11H,3-4H2,1-2H3,(H,16,17,18,22). The molecule has 1 fully saturated rings. The Kier molecular flexibility index (Phi) is 3.70.